The number of hydrogen-bond acceptors (Lipinski definition) is 4. The zero-order valence-electron chi connectivity index (χ0n) is 5.21. The van der Waals surface area contributed by atoms with Gasteiger partial charge in [0.25, 0.3) is 0 Å². The topological polar surface area (TPSA) is 36.9 Å². The van der Waals surface area contributed by atoms with Crippen LogP contribution in [0.2, 0.25) is 0 Å². The highest BCUT2D eigenvalue weighted by atomic mass is 17.5. The summed E-state index contributed by atoms with van der Waals surface area (Å²) in [6.07, 6.45) is -0.394. The molecule has 0 aromatic heterocycles. The molecular formula is C4H10O4. The lowest BCUT2D eigenvalue weighted by atomic mass is 10.8. The standard InChI is InChI=1S/C4H10O4/c1-4(5-2)7-8-6-3/h4H,1-3H3/t4-/m0/s1. The van der Waals surface area contributed by atoms with Crippen LogP contribution in [0.3, 0.4) is 0 Å². The summed E-state index contributed by atoms with van der Waals surface area (Å²) < 4.78 is 4.62. The maximum absolute atomic E-state index is 4.62. The Kier molecular flexibility index (Phi) is 4.89. The highest BCUT2D eigenvalue weighted by Crippen LogP contribution is 1.89. The van der Waals surface area contributed by atoms with Gasteiger partial charge >= 0.3 is 0 Å². The molecule has 50 valence electrons. The van der Waals surface area contributed by atoms with Crippen molar-refractivity contribution in [1.29, 1.82) is 0 Å². The molecule has 0 rings (SSSR count). The molecule has 0 bridgehead atoms. The first-order valence-electron chi connectivity index (χ1n) is 2.20. The Morgan fingerprint density at radius 3 is 2.25 bits per heavy atom. The van der Waals surface area contributed by atoms with Crippen molar-refractivity contribution in [1.82, 2.24) is 0 Å². The summed E-state index contributed by atoms with van der Waals surface area (Å²) in [5.41, 5.74) is 0. The minimum absolute atomic E-state index is 0.394. The van der Waals surface area contributed by atoms with E-state index in [9.17, 15) is 0 Å². The highest BCUT2D eigenvalue weighted by molar-refractivity contribution is 4.14. The minimum Gasteiger partial charge on any atom is -0.353 e. The molecule has 0 saturated heterocycles. The van der Waals surface area contributed by atoms with Crippen molar-refractivity contribution >= 4 is 0 Å². The third kappa shape index (κ3) is 4.01. The first kappa shape index (κ1) is 7.84. The number of hydrogen-bond donors (Lipinski definition) is 0. The van der Waals surface area contributed by atoms with Crippen molar-refractivity contribution in [2.45, 2.75) is 13.2 Å². The van der Waals surface area contributed by atoms with Crippen LogP contribution in [0.15, 0.2) is 0 Å². The predicted octanol–water partition coefficient (Wildman–Crippen LogP) is 0.488. The van der Waals surface area contributed by atoms with Crippen molar-refractivity contribution in [2.75, 3.05) is 14.2 Å². The molecular weight excluding hydrogens is 112 g/mol. The molecule has 0 saturated carbocycles. The molecule has 0 heterocycles. The maximum Gasteiger partial charge on any atom is 0.191 e. The lowest BCUT2D eigenvalue weighted by Gasteiger charge is -2.05. The van der Waals surface area contributed by atoms with Gasteiger partial charge in [-0.1, -0.05) is 5.04 Å². The lowest BCUT2D eigenvalue weighted by Crippen LogP contribution is -2.09. The van der Waals surface area contributed by atoms with E-state index in [0.29, 0.717) is 0 Å². The second-order valence-corrected chi connectivity index (χ2v) is 1.13. The molecule has 8 heavy (non-hydrogen) atoms. The van der Waals surface area contributed by atoms with Crippen LogP contribution in [0, 0.1) is 0 Å². The van der Waals surface area contributed by atoms with Gasteiger partial charge in [0.15, 0.2) is 6.29 Å². The molecule has 0 aliphatic rings. The van der Waals surface area contributed by atoms with Crippen molar-refractivity contribution < 1.29 is 19.6 Å². The summed E-state index contributed by atoms with van der Waals surface area (Å²) in [5, 5.41) is 4.06. The smallest absolute Gasteiger partial charge is 0.191 e. The van der Waals surface area contributed by atoms with Crippen LogP contribution in [0.1, 0.15) is 6.92 Å². The van der Waals surface area contributed by atoms with Crippen LogP contribution in [-0.4, -0.2) is 20.5 Å². The highest BCUT2D eigenvalue weighted by Gasteiger charge is 1.96. The summed E-state index contributed by atoms with van der Waals surface area (Å²) in [7, 11) is 2.85. The van der Waals surface area contributed by atoms with Crippen molar-refractivity contribution in [3.8, 4) is 0 Å². The first-order valence-corrected chi connectivity index (χ1v) is 2.20. The molecule has 0 aromatic carbocycles. The van der Waals surface area contributed by atoms with E-state index in [2.05, 4.69) is 19.6 Å². The van der Waals surface area contributed by atoms with Gasteiger partial charge in [-0.3, -0.25) is 0 Å². The van der Waals surface area contributed by atoms with Gasteiger partial charge in [-0.15, -0.1) is 0 Å². The number of methoxy groups -OCH3 is 1. The lowest BCUT2D eigenvalue weighted by molar-refractivity contribution is -0.535. The Labute approximate surface area is 48.1 Å². The molecule has 0 N–H and O–H groups in total. The molecule has 0 fully saturated rings. The molecule has 0 aliphatic heterocycles. The quantitative estimate of drug-likeness (QED) is 0.309. The van der Waals surface area contributed by atoms with E-state index in [-0.39, 0.29) is 0 Å². The number of rotatable bonds is 4. The van der Waals surface area contributed by atoms with E-state index in [4.69, 9.17) is 0 Å². The van der Waals surface area contributed by atoms with Gasteiger partial charge in [0.1, 0.15) is 0 Å². The molecule has 1 atom stereocenters. The SMILES string of the molecule is COOO[C@@H](C)OC. The minimum atomic E-state index is -0.394. The Bertz CT molecular complexity index is 47.3. The fourth-order valence-corrected chi connectivity index (χ4v) is 0.134. The maximum atomic E-state index is 4.62. The Morgan fingerprint density at radius 1 is 1.25 bits per heavy atom. The van der Waals surface area contributed by atoms with Crippen LogP contribution in [0.5, 0.6) is 0 Å². The Morgan fingerprint density at radius 2 is 1.88 bits per heavy atom. The molecule has 0 radical (unpaired) electrons. The van der Waals surface area contributed by atoms with E-state index in [1.807, 2.05) is 0 Å². The van der Waals surface area contributed by atoms with Gasteiger partial charge in [0, 0.05) is 7.11 Å². The largest absolute Gasteiger partial charge is 0.353 e. The van der Waals surface area contributed by atoms with E-state index in [1.54, 1.807) is 6.92 Å². The van der Waals surface area contributed by atoms with Gasteiger partial charge in [-0.2, -0.15) is 4.89 Å². The molecule has 0 spiro atoms. The third-order valence-electron chi connectivity index (χ3n) is 0.575. The van der Waals surface area contributed by atoms with Gasteiger partial charge < -0.3 is 4.74 Å². The first-order chi connectivity index (χ1) is 3.81. The molecule has 0 amide bonds. The zero-order valence-corrected chi connectivity index (χ0v) is 5.21. The van der Waals surface area contributed by atoms with Crippen LogP contribution in [0.4, 0.5) is 0 Å². The van der Waals surface area contributed by atoms with Gasteiger partial charge in [-0.05, 0) is 6.92 Å². The normalized spacial score (nSPS) is 13.9. The zero-order chi connectivity index (χ0) is 6.41. The summed E-state index contributed by atoms with van der Waals surface area (Å²) in [6, 6.07) is 0. The Balaban J connectivity index is 2.86. The second-order valence-electron chi connectivity index (χ2n) is 1.13. The van der Waals surface area contributed by atoms with Gasteiger partial charge in [0.2, 0.25) is 0 Å². The van der Waals surface area contributed by atoms with Gasteiger partial charge in [0.05, 0.1) is 7.11 Å². The van der Waals surface area contributed by atoms with Crippen molar-refractivity contribution in [3.63, 3.8) is 0 Å². The summed E-state index contributed by atoms with van der Waals surface area (Å²) in [6.45, 7) is 1.68. The molecule has 0 unspecified atom stereocenters. The van der Waals surface area contributed by atoms with Crippen LogP contribution >= 0.6 is 0 Å². The van der Waals surface area contributed by atoms with E-state index in [0.717, 1.165) is 0 Å². The number of ether oxygens (including phenoxy) is 1. The summed E-state index contributed by atoms with van der Waals surface area (Å²) in [4.78, 5) is 8.51. The Hall–Kier alpha value is -0.160. The monoisotopic (exact) mass is 122 g/mol. The average molecular weight is 122 g/mol. The summed E-state index contributed by atoms with van der Waals surface area (Å²) >= 11 is 0. The van der Waals surface area contributed by atoms with E-state index >= 15 is 0 Å². The van der Waals surface area contributed by atoms with Crippen molar-refractivity contribution in [2.24, 2.45) is 0 Å². The molecule has 0 aliphatic carbocycles. The fourth-order valence-electron chi connectivity index (χ4n) is 0.134. The molecule has 4 nitrogen and oxygen atoms in total. The van der Waals surface area contributed by atoms with E-state index < -0.39 is 6.29 Å². The predicted molar refractivity (Wildman–Crippen MR) is 25.6 cm³/mol. The average Bonchev–Trinajstić information content (AvgIpc) is 1.83. The van der Waals surface area contributed by atoms with Gasteiger partial charge in [-0.25, -0.2) is 4.89 Å². The van der Waals surface area contributed by atoms with Crippen LogP contribution in [-0.2, 0) is 19.6 Å². The third-order valence-corrected chi connectivity index (χ3v) is 0.575. The van der Waals surface area contributed by atoms with Crippen LogP contribution in [0.25, 0.3) is 0 Å². The van der Waals surface area contributed by atoms with Crippen molar-refractivity contribution in [3.05, 3.63) is 0 Å². The van der Waals surface area contributed by atoms with Crippen LogP contribution < -0.4 is 0 Å². The second kappa shape index (κ2) is 4.99. The molecule has 4 heteroatoms. The van der Waals surface area contributed by atoms with E-state index in [1.165, 1.54) is 14.2 Å². The fraction of sp³-hybridized carbons (Fsp3) is 1.00. The molecule has 0 aromatic rings. The summed E-state index contributed by atoms with van der Waals surface area (Å²) in [5.74, 6) is 0.